The highest BCUT2D eigenvalue weighted by molar-refractivity contribution is 5.96. The number of carbonyl (C=O) groups excluding carboxylic acids is 2. The van der Waals surface area contributed by atoms with Crippen LogP contribution in [0.25, 0.3) is 0 Å². The molecule has 2 amide bonds. The summed E-state index contributed by atoms with van der Waals surface area (Å²) in [5, 5.41) is 2.74. The second kappa shape index (κ2) is 6.67. The zero-order valence-electron chi connectivity index (χ0n) is 11.5. The van der Waals surface area contributed by atoms with Crippen LogP contribution in [0.15, 0.2) is 48.5 Å². The van der Waals surface area contributed by atoms with Gasteiger partial charge in [-0.2, -0.15) is 0 Å². The molecule has 0 radical (unpaired) electrons. The summed E-state index contributed by atoms with van der Waals surface area (Å²) in [6.07, 6.45) is 0.256. The minimum Gasteiger partial charge on any atom is -0.366 e. The first-order valence-corrected chi connectivity index (χ1v) is 6.56. The van der Waals surface area contributed by atoms with Crippen molar-refractivity contribution in [2.45, 2.75) is 13.0 Å². The molecule has 0 spiro atoms. The standard InChI is InChI=1S/C16H17N3O2/c17-10-12-6-4-11(5-7-12)8-15(20)19-14-3-1-2-13(9-14)16(18)21/h1-7,9H,8,10,17H2,(H2,18,21)(H,19,20). The van der Waals surface area contributed by atoms with Crippen molar-refractivity contribution in [2.75, 3.05) is 5.32 Å². The van der Waals surface area contributed by atoms with Crippen molar-refractivity contribution >= 4 is 17.5 Å². The van der Waals surface area contributed by atoms with Gasteiger partial charge in [0.15, 0.2) is 0 Å². The Labute approximate surface area is 123 Å². The van der Waals surface area contributed by atoms with E-state index in [-0.39, 0.29) is 12.3 Å². The highest BCUT2D eigenvalue weighted by atomic mass is 16.2. The van der Waals surface area contributed by atoms with Gasteiger partial charge in [-0.05, 0) is 29.3 Å². The zero-order chi connectivity index (χ0) is 15.2. The molecule has 0 aliphatic rings. The van der Waals surface area contributed by atoms with Crippen LogP contribution in [-0.2, 0) is 17.8 Å². The van der Waals surface area contributed by atoms with Gasteiger partial charge in [0.1, 0.15) is 0 Å². The van der Waals surface area contributed by atoms with Crippen molar-refractivity contribution < 1.29 is 9.59 Å². The molecule has 5 heteroatoms. The lowest BCUT2D eigenvalue weighted by atomic mass is 10.1. The number of rotatable bonds is 5. The minimum absolute atomic E-state index is 0.155. The van der Waals surface area contributed by atoms with Gasteiger partial charge in [-0.1, -0.05) is 30.3 Å². The van der Waals surface area contributed by atoms with Crippen LogP contribution in [0.1, 0.15) is 21.5 Å². The van der Waals surface area contributed by atoms with E-state index in [9.17, 15) is 9.59 Å². The molecule has 0 fully saturated rings. The molecule has 0 aliphatic carbocycles. The molecule has 5 N–H and O–H groups in total. The highest BCUT2D eigenvalue weighted by Gasteiger charge is 2.06. The summed E-state index contributed by atoms with van der Waals surface area (Å²) in [4.78, 5) is 23.1. The van der Waals surface area contributed by atoms with E-state index in [1.807, 2.05) is 24.3 Å². The number of primary amides is 1. The molecule has 0 aliphatic heterocycles. The first kappa shape index (κ1) is 14.7. The third kappa shape index (κ3) is 4.15. The molecule has 0 saturated carbocycles. The van der Waals surface area contributed by atoms with Crippen molar-refractivity contribution in [3.8, 4) is 0 Å². The van der Waals surface area contributed by atoms with Crippen molar-refractivity contribution in [2.24, 2.45) is 11.5 Å². The van der Waals surface area contributed by atoms with E-state index in [0.29, 0.717) is 17.8 Å². The summed E-state index contributed by atoms with van der Waals surface area (Å²) in [5.41, 5.74) is 13.6. The number of hydrogen-bond donors (Lipinski definition) is 3. The summed E-state index contributed by atoms with van der Waals surface area (Å²) in [5.74, 6) is -0.680. The molecule has 2 aromatic rings. The number of carbonyl (C=O) groups is 2. The van der Waals surface area contributed by atoms with Crippen LogP contribution in [0.2, 0.25) is 0 Å². The predicted octanol–water partition coefficient (Wildman–Crippen LogP) is 1.43. The number of benzene rings is 2. The Balaban J connectivity index is 2.00. The van der Waals surface area contributed by atoms with Crippen LogP contribution < -0.4 is 16.8 Å². The molecule has 0 atom stereocenters. The number of amides is 2. The Morgan fingerprint density at radius 3 is 2.29 bits per heavy atom. The van der Waals surface area contributed by atoms with Gasteiger partial charge in [0.2, 0.25) is 11.8 Å². The van der Waals surface area contributed by atoms with Gasteiger partial charge in [-0.3, -0.25) is 9.59 Å². The highest BCUT2D eigenvalue weighted by Crippen LogP contribution is 2.11. The lowest BCUT2D eigenvalue weighted by molar-refractivity contribution is -0.115. The Morgan fingerprint density at radius 1 is 1.00 bits per heavy atom. The summed E-state index contributed by atoms with van der Waals surface area (Å²) in [6.45, 7) is 0.479. The van der Waals surface area contributed by atoms with Crippen molar-refractivity contribution in [3.05, 3.63) is 65.2 Å². The maximum absolute atomic E-state index is 12.0. The Morgan fingerprint density at radius 2 is 1.67 bits per heavy atom. The fraction of sp³-hybridized carbons (Fsp3) is 0.125. The van der Waals surface area contributed by atoms with Crippen molar-refractivity contribution in [1.82, 2.24) is 0 Å². The van der Waals surface area contributed by atoms with Crippen LogP contribution >= 0.6 is 0 Å². The molecular weight excluding hydrogens is 266 g/mol. The lowest BCUT2D eigenvalue weighted by Gasteiger charge is -2.07. The van der Waals surface area contributed by atoms with E-state index in [1.165, 1.54) is 0 Å². The minimum atomic E-state index is -0.525. The van der Waals surface area contributed by atoms with Gasteiger partial charge in [0.25, 0.3) is 0 Å². The quantitative estimate of drug-likeness (QED) is 0.774. The maximum atomic E-state index is 12.0. The molecular formula is C16H17N3O2. The van der Waals surface area contributed by atoms with E-state index in [2.05, 4.69) is 5.32 Å². The molecule has 0 heterocycles. The largest absolute Gasteiger partial charge is 0.366 e. The molecule has 0 saturated heterocycles. The van der Waals surface area contributed by atoms with Gasteiger partial charge >= 0.3 is 0 Å². The van der Waals surface area contributed by atoms with Gasteiger partial charge in [0, 0.05) is 17.8 Å². The molecule has 5 nitrogen and oxygen atoms in total. The SMILES string of the molecule is NCc1ccc(CC(=O)Nc2cccc(C(N)=O)c2)cc1. The summed E-state index contributed by atoms with van der Waals surface area (Å²) in [6, 6.07) is 14.1. The van der Waals surface area contributed by atoms with Gasteiger partial charge in [-0.15, -0.1) is 0 Å². The average molecular weight is 283 g/mol. The summed E-state index contributed by atoms with van der Waals surface area (Å²) in [7, 11) is 0. The van der Waals surface area contributed by atoms with Crippen molar-refractivity contribution in [1.29, 1.82) is 0 Å². The van der Waals surface area contributed by atoms with E-state index in [4.69, 9.17) is 11.5 Å². The molecule has 0 aromatic heterocycles. The van der Waals surface area contributed by atoms with Crippen LogP contribution in [0.4, 0.5) is 5.69 Å². The fourth-order valence-electron chi connectivity index (χ4n) is 1.93. The summed E-state index contributed by atoms with van der Waals surface area (Å²) >= 11 is 0. The van der Waals surface area contributed by atoms with Gasteiger partial charge in [-0.25, -0.2) is 0 Å². The third-order valence-corrected chi connectivity index (χ3v) is 3.05. The maximum Gasteiger partial charge on any atom is 0.248 e. The first-order valence-electron chi connectivity index (χ1n) is 6.56. The van der Waals surface area contributed by atoms with E-state index >= 15 is 0 Å². The predicted molar refractivity (Wildman–Crippen MR) is 81.6 cm³/mol. The first-order chi connectivity index (χ1) is 10.1. The molecule has 108 valence electrons. The second-order valence-corrected chi connectivity index (χ2v) is 4.69. The molecule has 0 bridgehead atoms. The lowest BCUT2D eigenvalue weighted by Crippen LogP contribution is -2.16. The molecule has 0 unspecified atom stereocenters. The zero-order valence-corrected chi connectivity index (χ0v) is 11.5. The number of hydrogen-bond acceptors (Lipinski definition) is 3. The normalized spacial score (nSPS) is 10.1. The molecule has 21 heavy (non-hydrogen) atoms. The fourth-order valence-corrected chi connectivity index (χ4v) is 1.93. The second-order valence-electron chi connectivity index (χ2n) is 4.69. The monoisotopic (exact) mass is 283 g/mol. The number of nitrogens with two attached hydrogens (primary N) is 2. The summed E-state index contributed by atoms with van der Waals surface area (Å²) < 4.78 is 0. The third-order valence-electron chi connectivity index (χ3n) is 3.05. The van der Waals surface area contributed by atoms with Crippen LogP contribution in [-0.4, -0.2) is 11.8 Å². The van der Waals surface area contributed by atoms with Gasteiger partial charge < -0.3 is 16.8 Å². The topological polar surface area (TPSA) is 98.2 Å². The Hall–Kier alpha value is -2.66. The van der Waals surface area contributed by atoms with Crippen LogP contribution in [0, 0.1) is 0 Å². The Kier molecular flexibility index (Phi) is 4.68. The number of nitrogens with one attached hydrogen (secondary N) is 1. The average Bonchev–Trinajstić information content (AvgIpc) is 2.48. The van der Waals surface area contributed by atoms with Crippen LogP contribution in [0.5, 0.6) is 0 Å². The van der Waals surface area contributed by atoms with Gasteiger partial charge in [0.05, 0.1) is 6.42 Å². The Bertz CT molecular complexity index is 651. The van der Waals surface area contributed by atoms with E-state index in [1.54, 1.807) is 24.3 Å². The smallest absolute Gasteiger partial charge is 0.248 e. The van der Waals surface area contributed by atoms with E-state index < -0.39 is 5.91 Å². The van der Waals surface area contributed by atoms with Crippen molar-refractivity contribution in [3.63, 3.8) is 0 Å². The number of anilines is 1. The van der Waals surface area contributed by atoms with E-state index in [0.717, 1.165) is 11.1 Å². The van der Waals surface area contributed by atoms with Crippen LogP contribution in [0.3, 0.4) is 0 Å². The molecule has 2 aromatic carbocycles. The molecule has 2 rings (SSSR count).